The molecule has 0 aromatic heterocycles. The predicted octanol–water partition coefficient (Wildman–Crippen LogP) is 3.21. The third kappa shape index (κ3) is 6.31. The van der Waals surface area contributed by atoms with E-state index in [1.165, 1.54) is 0 Å². The summed E-state index contributed by atoms with van der Waals surface area (Å²) in [7, 11) is -3.47. The third-order valence-electron chi connectivity index (χ3n) is 5.36. The lowest BCUT2D eigenvalue weighted by Gasteiger charge is -2.13. The topological polar surface area (TPSA) is 84.5 Å². The van der Waals surface area contributed by atoms with Crippen LogP contribution in [0.5, 0.6) is 5.75 Å². The number of aryl methyl sites for hydroxylation is 1. The van der Waals surface area contributed by atoms with E-state index in [9.17, 15) is 13.2 Å². The second-order valence-electron chi connectivity index (χ2n) is 7.60. The van der Waals surface area contributed by atoms with Gasteiger partial charge in [-0.1, -0.05) is 50.1 Å². The Labute approximate surface area is 179 Å². The maximum absolute atomic E-state index is 12.5. The number of rotatable bonds is 10. The molecule has 6 nitrogen and oxygen atoms in total. The van der Waals surface area contributed by atoms with Gasteiger partial charge in [0.2, 0.25) is 10.0 Å². The molecule has 0 spiro atoms. The van der Waals surface area contributed by atoms with Gasteiger partial charge in [-0.15, -0.1) is 0 Å². The average Bonchev–Trinajstić information content (AvgIpc) is 3.25. The fourth-order valence-corrected chi connectivity index (χ4v) is 4.95. The van der Waals surface area contributed by atoms with Crippen LogP contribution in [-0.4, -0.2) is 33.5 Å². The number of benzene rings is 2. The lowest BCUT2D eigenvalue weighted by molar-refractivity contribution is -0.123. The van der Waals surface area contributed by atoms with Crippen LogP contribution in [0, 0.1) is 0 Å². The van der Waals surface area contributed by atoms with E-state index < -0.39 is 10.0 Å². The van der Waals surface area contributed by atoms with Crippen LogP contribution in [0.25, 0.3) is 0 Å². The number of amides is 1. The number of para-hydroxylation sites is 1. The van der Waals surface area contributed by atoms with E-state index in [0.29, 0.717) is 13.0 Å². The van der Waals surface area contributed by atoms with Crippen molar-refractivity contribution in [3.63, 3.8) is 0 Å². The van der Waals surface area contributed by atoms with Crippen molar-refractivity contribution in [1.82, 2.24) is 10.0 Å². The van der Waals surface area contributed by atoms with Gasteiger partial charge in [0.1, 0.15) is 5.75 Å². The number of sulfonamides is 1. The van der Waals surface area contributed by atoms with Crippen LogP contribution >= 0.6 is 0 Å². The molecule has 1 saturated carbocycles. The van der Waals surface area contributed by atoms with E-state index in [-0.39, 0.29) is 23.5 Å². The van der Waals surface area contributed by atoms with Crippen LogP contribution in [0.3, 0.4) is 0 Å². The van der Waals surface area contributed by atoms with E-state index in [2.05, 4.69) is 10.0 Å². The van der Waals surface area contributed by atoms with Gasteiger partial charge in [0, 0.05) is 12.6 Å². The van der Waals surface area contributed by atoms with Crippen molar-refractivity contribution in [3.8, 4) is 5.75 Å². The Kier molecular flexibility index (Phi) is 7.87. The zero-order valence-electron chi connectivity index (χ0n) is 17.4. The summed E-state index contributed by atoms with van der Waals surface area (Å²) in [5.74, 6) is 0.555. The fraction of sp³-hybridized carbons (Fsp3) is 0.435. The molecule has 0 unspecified atom stereocenters. The molecule has 0 atom stereocenters. The highest BCUT2D eigenvalue weighted by molar-refractivity contribution is 7.89. The number of hydrogen-bond acceptors (Lipinski definition) is 4. The van der Waals surface area contributed by atoms with E-state index in [0.717, 1.165) is 49.0 Å². The Morgan fingerprint density at radius 1 is 1.07 bits per heavy atom. The number of hydrogen-bond donors (Lipinski definition) is 2. The molecule has 0 saturated heterocycles. The van der Waals surface area contributed by atoms with Crippen molar-refractivity contribution in [2.45, 2.75) is 56.4 Å². The number of carbonyl (C=O) groups excluding carboxylic acids is 1. The van der Waals surface area contributed by atoms with Crippen LogP contribution in [0.15, 0.2) is 53.4 Å². The highest BCUT2D eigenvalue weighted by Gasteiger charge is 2.22. The smallest absolute Gasteiger partial charge is 0.257 e. The number of carbonyl (C=O) groups is 1. The van der Waals surface area contributed by atoms with Gasteiger partial charge in [0.15, 0.2) is 6.61 Å². The Bertz CT molecular complexity index is 936. The summed E-state index contributed by atoms with van der Waals surface area (Å²) in [6.07, 6.45) is 5.44. The molecule has 1 fully saturated rings. The molecule has 1 amide bonds. The van der Waals surface area contributed by atoms with Gasteiger partial charge >= 0.3 is 0 Å². The van der Waals surface area contributed by atoms with Gasteiger partial charge in [-0.3, -0.25) is 4.79 Å². The molecule has 2 N–H and O–H groups in total. The SMILES string of the molecule is CCc1ccccc1OCC(=O)NCCc1ccc(S(=O)(=O)NC2CCCC2)cc1. The maximum Gasteiger partial charge on any atom is 0.257 e. The van der Waals surface area contributed by atoms with E-state index in [1.54, 1.807) is 24.3 Å². The van der Waals surface area contributed by atoms with Gasteiger partial charge in [-0.2, -0.15) is 0 Å². The molecule has 0 aliphatic heterocycles. The van der Waals surface area contributed by atoms with Crippen LogP contribution in [0.2, 0.25) is 0 Å². The minimum Gasteiger partial charge on any atom is -0.483 e. The quantitative estimate of drug-likeness (QED) is 0.606. The van der Waals surface area contributed by atoms with Gasteiger partial charge in [-0.25, -0.2) is 13.1 Å². The number of ether oxygens (including phenoxy) is 1. The van der Waals surface area contributed by atoms with Crippen molar-refractivity contribution in [1.29, 1.82) is 0 Å². The monoisotopic (exact) mass is 430 g/mol. The molecule has 0 heterocycles. The number of nitrogens with one attached hydrogen (secondary N) is 2. The van der Waals surface area contributed by atoms with E-state index >= 15 is 0 Å². The normalized spacial score (nSPS) is 14.6. The standard InChI is InChI=1S/C23H30N2O4S/c1-2-19-7-3-6-10-22(19)29-17-23(26)24-16-15-18-11-13-21(14-12-18)30(27,28)25-20-8-4-5-9-20/h3,6-7,10-14,20,25H,2,4-5,8-9,15-17H2,1H3,(H,24,26). The minimum absolute atomic E-state index is 0.0268. The van der Waals surface area contributed by atoms with Gasteiger partial charge in [0.05, 0.1) is 4.90 Å². The summed E-state index contributed by atoms with van der Waals surface area (Å²) < 4.78 is 33.3. The summed E-state index contributed by atoms with van der Waals surface area (Å²) in [6.45, 7) is 2.48. The molecule has 2 aromatic rings. The minimum atomic E-state index is -3.47. The van der Waals surface area contributed by atoms with E-state index in [4.69, 9.17) is 4.74 Å². The first-order valence-corrected chi connectivity index (χ1v) is 12.0. The van der Waals surface area contributed by atoms with Gasteiger partial charge in [0.25, 0.3) is 5.91 Å². The molecule has 0 radical (unpaired) electrons. The second-order valence-corrected chi connectivity index (χ2v) is 9.31. The molecule has 2 aromatic carbocycles. The lowest BCUT2D eigenvalue weighted by atomic mass is 10.1. The first-order chi connectivity index (χ1) is 14.5. The van der Waals surface area contributed by atoms with Crippen molar-refractivity contribution < 1.29 is 17.9 Å². The molecule has 3 rings (SSSR count). The second kappa shape index (κ2) is 10.6. The van der Waals surface area contributed by atoms with Gasteiger partial charge < -0.3 is 10.1 Å². The molecule has 162 valence electrons. The molecule has 1 aliphatic carbocycles. The lowest BCUT2D eigenvalue weighted by Crippen LogP contribution is -2.32. The average molecular weight is 431 g/mol. The summed E-state index contributed by atoms with van der Waals surface area (Å²) >= 11 is 0. The largest absolute Gasteiger partial charge is 0.483 e. The van der Waals surface area contributed by atoms with Crippen LogP contribution in [0.1, 0.15) is 43.7 Å². The summed E-state index contributed by atoms with van der Waals surface area (Å²) in [4.78, 5) is 12.3. The summed E-state index contributed by atoms with van der Waals surface area (Å²) in [5.41, 5.74) is 2.04. The third-order valence-corrected chi connectivity index (χ3v) is 6.90. The zero-order valence-corrected chi connectivity index (χ0v) is 18.2. The van der Waals surface area contributed by atoms with E-state index in [1.807, 2.05) is 31.2 Å². The van der Waals surface area contributed by atoms with Gasteiger partial charge in [-0.05, 0) is 55.0 Å². The van der Waals surface area contributed by atoms with Crippen molar-refractivity contribution in [2.24, 2.45) is 0 Å². The molecule has 0 bridgehead atoms. The molecule has 7 heteroatoms. The molecule has 1 aliphatic rings. The molecular weight excluding hydrogens is 400 g/mol. The van der Waals surface area contributed by atoms with Crippen LogP contribution < -0.4 is 14.8 Å². The summed E-state index contributed by atoms with van der Waals surface area (Å²) in [6, 6.07) is 14.6. The van der Waals surface area contributed by atoms with Crippen LogP contribution in [0.4, 0.5) is 0 Å². The summed E-state index contributed by atoms with van der Waals surface area (Å²) in [5, 5.41) is 2.84. The molecular formula is C23H30N2O4S. The highest BCUT2D eigenvalue weighted by atomic mass is 32.2. The predicted molar refractivity (Wildman–Crippen MR) is 117 cm³/mol. The van der Waals surface area contributed by atoms with Crippen LogP contribution in [-0.2, 0) is 27.7 Å². The first kappa shape index (κ1) is 22.3. The van der Waals surface area contributed by atoms with Crippen molar-refractivity contribution >= 4 is 15.9 Å². The van der Waals surface area contributed by atoms with Crippen molar-refractivity contribution in [2.75, 3.05) is 13.2 Å². The Morgan fingerprint density at radius 3 is 2.47 bits per heavy atom. The maximum atomic E-state index is 12.5. The first-order valence-electron chi connectivity index (χ1n) is 10.6. The van der Waals surface area contributed by atoms with Crippen molar-refractivity contribution in [3.05, 3.63) is 59.7 Å². The zero-order chi connectivity index (χ0) is 21.4. The Hall–Kier alpha value is -2.38. The molecule has 30 heavy (non-hydrogen) atoms. The fourth-order valence-electron chi connectivity index (χ4n) is 3.64. The highest BCUT2D eigenvalue weighted by Crippen LogP contribution is 2.21. The Balaban J connectivity index is 1.43. The Morgan fingerprint density at radius 2 is 1.77 bits per heavy atom.